The van der Waals surface area contributed by atoms with Crippen LogP contribution in [0.15, 0.2) is 30.3 Å². The molecule has 0 radical (unpaired) electrons. The van der Waals surface area contributed by atoms with Crippen molar-refractivity contribution in [3.05, 3.63) is 35.9 Å². The molecule has 0 amide bonds. The van der Waals surface area contributed by atoms with Crippen LogP contribution in [0.1, 0.15) is 51.5 Å². The molecule has 1 fully saturated rings. The van der Waals surface area contributed by atoms with E-state index in [1.807, 2.05) is 18.2 Å². The van der Waals surface area contributed by atoms with Gasteiger partial charge < -0.3 is 5.11 Å². The summed E-state index contributed by atoms with van der Waals surface area (Å²) in [5.41, 5.74) is 0.966. The Morgan fingerprint density at radius 1 is 1.36 bits per heavy atom. The van der Waals surface area contributed by atoms with E-state index in [9.17, 15) is 9.59 Å². The summed E-state index contributed by atoms with van der Waals surface area (Å²) in [5, 5.41) is 8.87. The third-order valence-corrected chi connectivity index (χ3v) is 5.41. The van der Waals surface area contributed by atoms with Crippen LogP contribution in [0.4, 0.5) is 0 Å². The van der Waals surface area contributed by atoms with Crippen molar-refractivity contribution in [2.24, 2.45) is 17.3 Å². The molecule has 1 aliphatic carbocycles. The van der Waals surface area contributed by atoms with Crippen LogP contribution < -0.4 is 0 Å². The number of hydrogen-bond acceptors (Lipinski definition) is 2. The second kappa shape index (κ2) is 7.08. The Morgan fingerprint density at radius 2 is 2.05 bits per heavy atom. The Labute approximate surface area is 132 Å². The lowest BCUT2D eigenvalue weighted by Gasteiger charge is -2.34. The number of carboxylic acids is 1. The van der Waals surface area contributed by atoms with Gasteiger partial charge in [-0.3, -0.25) is 9.59 Å². The summed E-state index contributed by atoms with van der Waals surface area (Å²) in [5.74, 6) is 0.198. The fraction of sp³-hybridized carbons (Fsp3) is 0.579. The Hall–Kier alpha value is -1.64. The SMILES string of the molecule is C[C@H](CCC(=O)O)[C@H]1CCC(=O)[C@]1(C)CCc1ccccc1. The zero-order chi connectivity index (χ0) is 16.2. The molecule has 1 aromatic carbocycles. The molecule has 3 nitrogen and oxygen atoms in total. The largest absolute Gasteiger partial charge is 0.481 e. The zero-order valence-electron chi connectivity index (χ0n) is 13.5. The predicted molar refractivity (Wildman–Crippen MR) is 86.6 cm³/mol. The van der Waals surface area contributed by atoms with Crippen LogP contribution in [0.3, 0.4) is 0 Å². The average molecular weight is 302 g/mol. The van der Waals surface area contributed by atoms with E-state index in [2.05, 4.69) is 26.0 Å². The summed E-state index contributed by atoms with van der Waals surface area (Å²) in [6, 6.07) is 10.3. The normalized spacial score (nSPS) is 26.1. The number of aliphatic carboxylic acids is 1. The number of ketones is 1. The van der Waals surface area contributed by atoms with Gasteiger partial charge in [0, 0.05) is 18.3 Å². The molecule has 0 heterocycles. The van der Waals surface area contributed by atoms with Crippen molar-refractivity contribution in [3.8, 4) is 0 Å². The molecule has 1 aliphatic rings. The third kappa shape index (κ3) is 3.76. The van der Waals surface area contributed by atoms with E-state index in [1.165, 1.54) is 5.56 Å². The van der Waals surface area contributed by atoms with Gasteiger partial charge in [0.15, 0.2) is 0 Å². The lowest BCUT2D eigenvalue weighted by Crippen LogP contribution is -2.33. The third-order valence-electron chi connectivity index (χ3n) is 5.41. The van der Waals surface area contributed by atoms with Gasteiger partial charge in [-0.25, -0.2) is 0 Å². The molecule has 0 bridgehead atoms. The number of Topliss-reactive ketones (excluding diaryl/α,β-unsaturated/α-hetero) is 1. The number of rotatable bonds is 7. The minimum Gasteiger partial charge on any atom is -0.481 e. The first-order chi connectivity index (χ1) is 10.4. The highest BCUT2D eigenvalue weighted by Gasteiger charge is 2.47. The number of carbonyl (C=O) groups is 2. The van der Waals surface area contributed by atoms with Gasteiger partial charge in [-0.1, -0.05) is 44.2 Å². The van der Waals surface area contributed by atoms with Gasteiger partial charge in [0.1, 0.15) is 5.78 Å². The van der Waals surface area contributed by atoms with Gasteiger partial charge in [0.2, 0.25) is 0 Å². The van der Waals surface area contributed by atoms with E-state index in [0.29, 0.717) is 24.5 Å². The van der Waals surface area contributed by atoms with Crippen molar-refractivity contribution in [1.29, 1.82) is 0 Å². The van der Waals surface area contributed by atoms with Crippen molar-refractivity contribution in [2.45, 2.75) is 52.4 Å². The average Bonchev–Trinajstić information content (AvgIpc) is 2.80. The van der Waals surface area contributed by atoms with Crippen molar-refractivity contribution < 1.29 is 14.7 Å². The molecule has 0 saturated heterocycles. The first-order valence-electron chi connectivity index (χ1n) is 8.22. The number of carboxylic acid groups (broad SMARTS) is 1. The van der Waals surface area contributed by atoms with Crippen LogP contribution in [0.25, 0.3) is 0 Å². The Bertz CT molecular complexity index is 523. The van der Waals surface area contributed by atoms with Gasteiger partial charge in [-0.15, -0.1) is 0 Å². The topological polar surface area (TPSA) is 54.4 Å². The zero-order valence-corrected chi connectivity index (χ0v) is 13.5. The quantitative estimate of drug-likeness (QED) is 0.824. The van der Waals surface area contributed by atoms with Gasteiger partial charge in [-0.2, -0.15) is 0 Å². The van der Waals surface area contributed by atoms with E-state index in [1.54, 1.807) is 0 Å². The monoisotopic (exact) mass is 302 g/mol. The summed E-state index contributed by atoms with van der Waals surface area (Å²) in [4.78, 5) is 23.2. The van der Waals surface area contributed by atoms with Crippen LogP contribution in [0, 0.1) is 17.3 Å². The maximum Gasteiger partial charge on any atom is 0.303 e. The molecule has 0 aliphatic heterocycles. The molecule has 0 aromatic heterocycles. The minimum absolute atomic E-state index is 0.195. The number of hydrogen-bond donors (Lipinski definition) is 1. The van der Waals surface area contributed by atoms with Crippen LogP contribution in [0.5, 0.6) is 0 Å². The molecule has 1 N–H and O–H groups in total. The van der Waals surface area contributed by atoms with E-state index in [-0.39, 0.29) is 17.8 Å². The number of benzene rings is 1. The Balaban J connectivity index is 2.03. The molecule has 0 unspecified atom stereocenters. The summed E-state index contributed by atoms with van der Waals surface area (Å²) in [7, 11) is 0. The highest BCUT2D eigenvalue weighted by atomic mass is 16.4. The van der Waals surface area contributed by atoms with E-state index >= 15 is 0 Å². The molecule has 22 heavy (non-hydrogen) atoms. The number of carbonyl (C=O) groups excluding carboxylic acids is 1. The number of aryl methyl sites for hydroxylation is 1. The standard InChI is InChI=1S/C19H26O3/c1-14(8-11-18(21)22)16-9-10-17(20)19(16,2)13-12-15-6-4-3-5-7-15/h3-7,14,16H,8-13H2,1-2H3,(H,21,22)/t14-,16-,19-/m1/s1. The summed E-state index contributed by atoms with van der Waals surface area (Å²) < 4.78 is 0. The van der Waals surface area contributed by atoms with Crippen LogP contribution in [0.2, 0.25) is 0 Å². The lowest BCUT2D eigenvalue weighted by atomic mass is 9.69. The molecular formula is C19H26O3. The molecule has 1 aromatic rings. The van der Waals surface area contributed by atoms with E-state index in [0.717, 1.165) is 19.3 Å². The summed E-state index contributed by atoms with van der Waals surface area (Å²) in [6.07, 6.45) is 4.18. The molecular weight excluding hydrogens is 276 g/mol. The Kier molecular flexibility index (Phi) is 5.38. The second-order valence-electron chi connectivity index (χ2n) is 6.88. The maximum atomic E-state index is 12.5. The van der Waals surface area contributed by atoms with Crippen LogP contribution in [-0.4, -0.2) is 16.9 Å². The minimum atomic E-state index is -0.748. The second-order valence-corrected chi connectivity index (χ2v) is 6.88. The fourth-order valence-corrected chi connectivity index (χ4v) is 3.94. The van der Waals surface area contributed by atoms with Gasteiger partial charge in [-0.05, 0) is 43.1 Å². The molecule has 3 heteroatoms. The van der Waals surface area contributed by atoms with Crippen LogP contribution in [-0.2, 0) is 16.0 Å². The Morgan fingerprint density at radius 3 is 2.68 bits per heavy atom. The first kappa shape index (κ1) is 16.7. The smallest absolute Gasteiger partial charge is 0.303 e. The van der Waals surface area contributed by atoms with E-state index < -0.39 is 5.97 Å². The van der Waals surface area contributed by atoms with Crippen molar-refractivity contribution >= 4 is 11.8 Å². The molecule has 3 atom stereocenters. The van der Waals surface area contributed by atoms with Crippen LogP contribution >= 0.6 is 0 Å². The predicted octanol–water partition coefficient (Wildman–Crippen LogP) is 4.11. The van der Waals surface area contributed by atoms with Gasteiger partial charge >= 0.3 is 5.97 Å². The van der Waals surface area contributed by atoms with Crippen molar-refractivity contribution in [3.63, 3.8) is 0 Å². The summed E-state index contributed by atoms with van der Waals surface area (Å²) in [6.45, 7) is 4.19. The molecule has 2 rings (SSSR count). The van der Waals surface area contributed by atoms with Crippen molar-refractivity contribution in [1.82, 2.24) is 0 Å². The van der Waals surface area contributed by atoms with E-state index in [4.69, 9.17) is 5.11 Å². The highest BCUT2D eigenvalue weighted by molar-refractivity contribution is 5.87. The van der Waals surface area contributed by atoms with Gasteiger partial charge in [0.05, 0.1) is 0 Å². The maximum absolute atomic E-state index is 12.5. The molecule has 1 saturated carbocycles. The molecule has 0 spiro atoms. The summed E-state index contributed by atoms with van der Waals surface area (Å²) >= 11 is 0. The first-order valence-corrected chi connectivity index (χ1v) is 8.22. The fourth-order valence-electron chi connectivity index (χ4n) is 3.94. The highest BCUT2D eigenvalue weighted by Crippen LogP contribution is 2.48. The van der Waals surface area contributed by atoms with Crippen molar-refractivity contribution in [2.75, 3.05) is 0 Å². The molecule has 120 valence electrons. The van der Waals surface area contributed by atoms with Gasteiger partial charge in [0.25, 0.3) is 0 Å². The lowest BCUT2D eigenvalue weighted by molar-refractivity contribution is -0.137.